The van der Waals surface area contributed by atoms with Crippen molar-refractivity contribution in [3.8, 4) is 0 Å². The second-order valence-corrected chi connectivity index (χ2v) is 6.63. The molecule has 0 saturated carbocycles. The van der Waals surface area contributed by atoms with Crippen molar-refractivity contribution in [3.05, 3.63) is 70.1 Å². The molecule has 0 aromatic heterocycles. The monoisotopic (exact) mass is 284 g/mol. The highest BCUT2D eigenvalue weighted by Gasteiger charge is 2.38. The third-order valence-corrected chi connectivity index (χ3v) is 5.13. The lowest BCUT2D eigenvalue weighted by Crippen LogP contribution is -2.02. The number of Topliss-reactive ketones (excluding diaryl/α,β-unsaturated/α-hetero) is 1. The summed E-state index contributed by atoms with van der Waals surface area (Å²) in [6, 6.07) is 13.7. The normalized spacial score (nSPS) is 18.2. The van der Waals surface area contributed by atoms with Crippen LogP contribution in [-0.2, 0) is 9.84 Å². The Balaban J connectivity index is 2.17. The van der Waals surface area contributed by atoms with Gasteiger partial charge in [0.1, 0.15) is 4.91 Å². The molecule has 0 fully saturated rings. The van der Waals surface area contributed by atoms with Crippen LogP contribution in [-0.4, -0.2) is 14.2 Å². The molecule has 1 heterocycles. The minimum absolute atomic E-state index is 0.100. The van der Waals surface area contributed by atoms with E-state index in [2.05, 4.69) is 0 Å². The third-order valence-electron chi connectivity index (χ3n) is 3.31. The zero-order chi connectivity index (χ0) is 14.3. The van der Waals surface area contributed by atoms with Gasteiger partial charge in [0.2, 0.25) is 15.6 Å². The summed E-state index contributed by atoms with van der Waals surface area (Å²) >= 11 is 0. The van der Waals surface area contributed by atoms with Gasteiger partial charge in [0.15, 0.2) is 0 Å². The fourth-order valence-electron chi connectivity index (χ4n) is 2.22. The number of ketones is 1. The number of carbonyl (C=O) groups is 1. The first-order valence-electron chi connectivity index (χ1n) is 6.17. The molecule has 3 nitrogen and oxygen atoms in total. The Bertz CT molecular complexity index is 828. The number of fused-ring (bicyclic) bond motifs is 1. The lowest BCUT2D eigenvalue weighted by Gasteiger charge is -1.98. The van der Waals surface area contributed by atoms with Gasteiger partial charge in [0, 0.05) is 5.56 Å². The summed E-state index contributed by atoms with van der Waals surface area (Å²) in [5, 5.41) is 0. The van der Waals surface area contributed by atoms with Crippen molar-refractivity contribution in [2.75, 3.05) is 0 Å². The number of hydrogen-bond acceptors (Lipinski definition) is 3. The van der Waals surface area contributed by atoms with E-state index in [0.29, 0.717) is 5.56 Å². The average molecular weight is 284 g/mol. The molecule has 20 heavy (non-hydrogen) atoms. The molecule has 0 radical (unpaired) electrons. The van der Waals surface area contributed by atoms with Crippen LogP contribution in [0, 0.1) is 6.92 Å². The van der Waals surface area contributed by atoms with Crippen molar-refractivity contribution < 1.29 is 13.2 Å². The van der Waals surface area contributed by atoms with Crippen LogP contribution in [0.15, 0.2) is 58.3 Å². The van der Waals surface area contributed by atoms with Gasteiger partial charge in [-0.05, 0) is 30.7 Å². The molecule has 0 atom stereocenters. The Morgan fingerprint density at radius 3 is 2.25 bits per heavy atom. The van der Waals surface area contributed by atoms with Crippen LogP contribution in [0.25, 0.3) is 6.08 Å². The van der Waals surface area contributed by atoms with E-state index in [4.69, 9.17) is 0 Å². The van der Waals surface area contributed by atoms with Crippen molar-refractivity contribution >= 4 is 21.7 Å². The Kier molecular flexibility index (Phi) is 2.83. The van der Waals surface area contributed by atoms with Gasteiger partial charge in [-0.15, -0.1) is 0 Å². The molecular weight excluding hydrogens is 272 g/mol. The van der Waals surface area contributed by atoms with E-state index < -0.39 is 15.6 Å². The number of aryl methyl sites for hydroxylation is 1. The summed E-state index contributed by atoms with van der Waals surface area (Å²) in [5.41, 5.74) is 2.04. The number of benzene rings is 2. The van der Waals surface area contributed by atoms with Gasteiger partial charge < -0.3 is 0 Å². The van der Waals surface area contributed by atoms with Crippen LogP contribution in [0.3, 0.4) is 0 Å². The van der Waals surface area contributed by atoms with Gasteiger partial charge in [-0.25, -0.2) is 8.42 Å². The zero-order valence-electron chi connectivity index (χ0n) is 10.8. The van der Waals surface area contributed by atoms with Gasteiger partial charge >= 0.3 is 0 Å². The minimum atomic E-state index is -3.69. The average Bonchev–Trinajstić information content (AvgIpc) is 2.63. The Morgan fingerprint density at radius 1 is 0.950 bits per heavy atom. The molecule has 4 heteroatoms. The van der Waals surface area contributed by atoms with E-state index in [1.807, 2.05) is 19.1 Å². The van der Waals surface area contributed by atoms with Crippen LogP contribution >= 0.6 is 0 Å². The SMILES string of the molecule is Cc1ccc(/C=C2/C(=O)c3ccccc3S2(=O)=O)cc1. The van der Waals surface area contributed by atoms with Gasteiger partial charge in [0.25, 0.3) is 0 Å². The Hall–Kier alpha value is -2.20. The first kappa shape index (κ1) is 12.8. The second kappa shape index (κ2) is 4.42. The van der Waals surface area contributed by atoms with E-state index >= 15 is 0 Å². The molecule has 1 aliphatic heterocycles. The summed E-state index contributed by atoms with van der Waals surface area (Å²) in [6.07, 6.45) is 1.44. The van der Waals surface area contributed by atoms with E-state index in [-0.39, 0.29) is 15.4 Å². The predicted molar refractivity (Wildman–Crippen MR) is 77.1 cm³/mol. The largest absolute Gasteiger partial charge is 0.288 e. The maximum atomic E-state index is 12.4. The molecule has 0 bridgehead atoms. The third kappa shape index (κ3) is 1.89. The fraction of sp³-hybridized carbons (Fsp3) is 0.0625. The quantitative estimate of drug-likeness (QED) is 0.756. The minimum Gasteiger partial charge on any atom is -0.288 e. The highest BCUT2D eigenvalue weighted by atomic mass is 32.2. The smallest absolute Gasteiger partial charge is 0.211 e. The van der Waals surface area contributed by atoms with Crippen molar-refractivity contribution in [2.45, 2.75) is 11.8 Å². The van der Waals surface area contributed by atoms with E-state index in [9.17, 15) is 13.2 Å². The maximum Gasteiger partial charge on any atom is 0.211 e. The molecule has 0 spiro atoms. The summed E-state index contributed by atoms with van der Waals surface area (Å²) in [6.45, 7) is 1.95. The van der Waals surface area contributed by atoms with Crippen LogP contribution in [0.5, 0.6) is 0 Å². The number of hydrogen-bond donors (Lipinski definition) is 0. The van der Waals surface area contributed by atoms with E-state index in [1.54, 1.807) is 30.3 Å². The first-order valence-corrected chi connectivity index (χ1v) is 7.65. The van der Waals surface area contributed by atoms with Crippen LogP contribution in [0.2, 0.25) is 0 Å². The van der Waals surface area contributed by atoms with E-state index in [1.165, 1.54) is 12.1 Å². The summed E-state index contributed by atoms with van der Waals surface area (Å²) in [5.74, 6) is -0.429. The van der Waals surface area contributed by atoms with Gasteiger partial charge in [-0.3, -0.25) is 4.79 Å². The van der Waals surface area contributed by atoms with E-state index in [0.717, 1.165) is 5.56 Å². The second-order valence-electron chi connectivity index (χ2n) is 4.75. The van der Waals surface area contributed by atoms with Crippen molar-refractivity contribution in [3.63, 3.8) is 0 Å². The molecule has 1 aliphatic rings. The molecule has 0 N–H and O–H groups in total. The van der Waals surface area contributed by atoms with Crippen LogP contribution in [0.1, 0.15) is 21.5 Å². The molecule has 0 aliphatic carbocycles. The fourth-order valence-corrected chi connectivity index (χ4v) is 3.81. The molecule has 0 unspecified atom stereocenters. The number of sulfone groups is 1. The highest BCUT2D eigenvalue weighted by molar-refractivity contribution is 7.97. The first-order chi connectivity index (χ1) is 9.50. The highest BCUT2D eigenvalue weighted by Crippen LogP contribution is 2.34. The van der Waals surface area contributed by atoms with Crippen LogP contribution < -0.4 is 0 Å². The zero-order valence-corrected chi connectivity index (χ0v) is 11.6. The van der Waals surface area contributed by atoms with Crippen molar-refractivity contribution in [1.82, 2.24) is 0 Å². The molecule has 2 aromatic rings. The lowest BCUT2D eigenvalue weighted by atomic mass is 10.1. The molecule has 0 saturated heterocycles. The molecule has 100 valence electrons. The topological polar surface area (TPSA) is 51.2 Å². The summed E-state index contributed by atoms with van der Waals surface area (Å²) in [7, 11) is -3.69. The van der Waals surface area contributed by atoms with Crippen LogP contribution in [0.4, 0.5) is 0 Å². The molecule has 3 rings (SSSR count). The van der Waals surface area contributed by atoms with Gasteiger partial charge in [0.05, 0.1) is 4.90 Å². The number of allylic oxidation sites excluding steroid dienone is 1. The van der Waals surface area contributed by atoms with Gasteiger partial charge in [-0.2, -0.15) is 0 Å². The van der Waals surface area contributed by atoms with Crippen molar-refractivity contribution in [2.24, 2.45) is 0 Å². The molecule has 2 aromatic carbocycles. The summed E-state index contributed by atoms with van der Waals surface area (Å²) < 4.78 is 24.8. The standard InChI is InChI=1S/C16H12O3S/c1-11-6-8-12(9-7-11)10-15-16(17)13-4-2-3-5-14(13)20(15,18)19/h2-10H,1H3/b15-10-. The lowest BCUT2D eigenvalue weighted by molar-refractivity contribution is 0.104. The maximum absolute atomic E-state index is 12.4. The summed E-state index contributed by atoms with van der Waals surface area (Å²) in [4.78, 5) is 12.2. The van der Waals surface area contributed by atoms with Crippen molar-refractivity contribution in [1.29, 1.82) is 0 Å². The predicted octanol–water partition coefficient (Wildman–Crippen LogP) is 3.01. The Labute approximate surface area is 117 Å². The number of carbonyl (C=O) groups excluding carboxylic acids is 1. The van der Waals surface area contributed by atoms with Gasteiger partial charge in [-0.1, -0.05) is 42.0 Å². The number of rotatable bonds is 1. The molecular formula is C16H12O3S. The Morgan fingerprint density at radius 2 is 1.60 bits per heavy atom. The molecule has 0 amide bonds.